The number of benzene rings is 3. The van der Waals surface area contributed by atoms with Crippen LogP contribution >= 0.6 is 11.6 Å². The summed E-state index contributed by atoms with van der Waals surface area (Å²) in [5.74, 6) is -0.0235. The normalized spacial score (nSPS) is 10.8. The number of hydrogen-bond acceptors (Lipinski definition) is 1. The fraction of sp³-hybridized carbons (Fsp3) is 0. The van der Waals surface area contributed by atoms with Crippen LogP contribution in [0.3, 0.4) is 0 Å². The number of carbonyl (C=O) groups excluding carboxylic acids is 1. The Kier molecular flexibility index (Phi) is 4.70. The molecular formula is C21H15ClO. The van der Waals surface area contributed by atoms with E-state index in [1.807, 2.05) is 66.7 Å². The van der Waals surface area contributed by atoms with Gasteiger partial charge in [0.15, 0.2) is 5.78 Å². The maximum Gasteiger partial charge on any atom is 0.185 e. The van der Waals surface area contributed by atoms with Crippen LogP contribution in [0, 0.1) is 0 Å². The van der Waals surface area contributed by atoms with Gasteiger partial charge in [0.1, 0.15) is 0 Å². The molecule has 0 amide bonds. The van der Waals surface area contributed by atoms with Gasteiger partial charge in [-0.25, -0.2) is 0 Å². The van der Waals surface area contributed by atoms with Crippen LogP contribution in [0.15, 0.2) is 84.9 Å². The van der Waals surface area contributed by atoms with Crippen molar-refractivity contribution in [3.8, 4) is 11.1 Å². The maximum atomic E-state index is 12.2. The third-order valence-electron chi connectivity index (χ3n) is 3.55. The monoisotopic (exact) mass is 318 g/mol. The molecule has 0 unspecified atom stereocenters. The second-order valence-corrected chi connectivity index (χ2v) is 5.63. The highest BCUT2D eigenvalue weighted by molar-refractivity contribution is 6.30. The summed E-state index contributed by atoms with van der Waals surface area (Å²) in [6.45, 7) is 0. The fourth-order valence-electron chi connectivity index (χ4n) is 2.34. The molecule has 0 aliphatic rings. The summed E-state index contributed by atoms with van der Waals surface area (Å²) in [6, 6.07) is 25.1. The minimum atomic E-state index is -0.0235. The molecule has 0 aliphatic carbocycles. The minimum absolute atomic E-state index is 0.0235. The summed E-state index contributed by atoms with van der Waals surface area (Å²) in [7, 11) is 0. The van der Waals surface area contributed by atoms with Gasteiger partial charge in [-0.1, -0.05) is 84.4 Å². The average Bonchev–Trinajstić information content (AvgIpc) is 2.61. The lowest BCUT2D eigenvalue weighted by molar-refractivity contribution is 0.104. The molecule has 0 fully saturated rings. The van der Waals surface area contributed by atoms with Crippen LogP contribution in [-0.4, -0.2) is 5.78 Å². The van der Waals surface area contributed by atoms with Crippen molar-refractivity contribution in [3.05, 3.63) is 101 Å². The van der Waals surface area contributed by atoms with Crippen molar-refractivity contribution in [1.82, 2.24) is 0 Å². The first-order valence-electron chi connectivity index (χ1n) is 7.36. The molecule has 0 radical (unpaired) electrons. The number of carbonyl (C=O) groups is 1. The molecule has 23 heavy (non-hydrogen) atoms. The lowest BCUT2D eigenvalue weighted by atomic mass is 10.0. The highest BCUT2D eigenvalue weighted by atomic mass is 35.5. The molecule has 0 bridgehead atoms. The number of rotatable bonds is 4. The average molecular weight is 319 g/mol. The standard InChI is InChI=1S/C21H15ClO/c22-20-8-4-5-16(15-20)9-14-21(23)19-12-10-18(11-13-19)17-6-2-1-3-7-17/h1-15H/b14-9+. The van der Waals surface area contributed by atoms with Gasteiger partial charge in [-0.05, 0) is 34.9 Å². The van der Waals surface area contributed by atoms with Crippen LogP contribution in [0.5, 0.6) is 0 Å². The summed E-state index contributed by atoms with van der Waals surface area (Å²) in [6.07, 6.45) is 3.35. The third kappa shape index (κ3) is 3.97. The third-order valence-corrected chi connectivity index (χ3v) is 3.79. The molecule has 3 aromatic carbocycles. The lowest BCUT2D eigenvalue weighted by Crippen LogP contribution is -1.93. The van der Waals surface area contributed by atoms with Crippen LogP contribution in [0.4, 0.5) is 0 Å². The van der Waals surface area contributed by atoms with Gasteiger partial charge in [-0.15, -0.1) is 0 Å². The molecule has 0 aliphatic heterocycles. The molecule has 0 saturated heterocycles. The Balaban J connectivity index is 1.75. The Morgan fingerprint density at radius 3 is 2.17 bits per heavy atom. The van der Waals surface area contributed by atoms with E-state index in [9.17, 15) is 4.79 Å². The van der Waals surface area contributed by atoms with Crippen molar-refractivity contribution < 1.29 is 4.79 Å². The van der Waals surface area contributed by atoms with E-state index in [1.165, 1.54) is 0 Å². The van der Waals surface area contributed by atoms with E-state index in [-0.39, 0.29) is 5.78 Å². The first kappa shape index (κ1) is 15.3. The predicted octanol–water partition coefficient (Wildman–Crippen LogP) is 5.90. The highest BCUT2D eigenvalue weighted by Gasteiger charge is 2.03. The largest absolute Gasteiger partial charge is 0.289 e. The van der Waals surface area contributed by atoms with E-state index in [0.717, 1.165) is 16.7 Å². The number of hydrogen-bond donors (Lipinski definition) is 0. The quantitative estimate of drug-likeness (QED) is 0.432. The number of allylic oxidation sites excluding steroid dienone is 1. The molecule has 0 N–H and O–H groups in total. The first-order chi connectivity index (χ1) is 11.2. The Morgan fingerprint density at radius 2 is 1.48 bits per heavy atom. The summed E-state index contributed by atoms with van der Waals surface area (Å²) in [5.41, 5.74) is 3.82. The van der Waals surface area contributed by atoms with Crippen molar-refractivity contribution in [2.45, 2.75) is 0 Å². The molecule has 0 aromatic heterocycles. The zero-order valence-corrected chi connectivity index (χ0v) is 13.2. The van der Waals surface area contributed by atoms with Crippen LogP contribution in [-0.2, 0) is 0 Å². The molecule has 1 nitrogen and oxygen atoms in total. The van der Waals surface area contributed by atoms with Crippen LogP contribution in [0.2, 0.25) is 5.02 Å². The zero-order valence-electron chi connectivity index (χ0n) is 12.4. The van der Waals surface area contributed by atoms with Gasteiger partial charge in [0.05, 0.1) is 0 Å². The SMILES string of the molecule is O=C(/C=C/c1cccc(Cl)c1)c1ccc(-c2ccccc2)cc1. The van der Waals surface area contributed by atoms with Crippen molar-refractivity contribution in [3.63, 3.8) is 0 Å². The molecular weight excluding hydrogens is 304 g/mol. The summed E-state index contributed by atoms with van der Waals surface area (Å²) < 4.78 is 0. The Bertz CT molecular complexity index is 833. The number of halogens is 1. The van der Waals surface area contributed by atoms with Gasteiger partial charge in [0, 0.05) is 10.6 Å². The van der Waals surface area contributed by atoms with Gasteiger partial charge in [-0.3, -0.25) is 4.79 Å². The molecule has 112 valence electrons. The molecule has 0 saturated carbocycles. The van der Waals surface area contributed by atoms with E-state index in [4.69, 9.17) is 11.6 Å². The van der Waals surface area contributed by atoms with E-state index in [0.29, 0.717) is 10.6 Å². The van der Waals surface area contributed by atoms with Crippen LogP contribution in [0.25, 0.3) is 17.2 Å². The van der Waals surface area contributed by atoms with E-state index < -0.39 is 0 Å². The lowest BCUT2D eigenvalue weighted by Gasteiger charge is -2.02. The van der Waals surface area contributed by atoms with Crippen molar-refractivity contribution >= 4 is 23.5 Å². The molecule has 0 atom stereocenters. The fourth-order valence-corrected chi connectivity index (χ4v) is 2.53. The Hall–Kier alpha value is -2.64. The Labute approximate surface area is 140 Å². The van der Waals surface area contributed by atoms with Crippen LogP contribution < -0.4 is 0 Å². The zero-order chi connectivity index (χ0) is 16.1. The van der Waals surface area contributed by atoms with Crippen molar-refractivity contribution in [1.29, 1.82) is 0 Å². The summed E-state index contributed by atoms with van der Waals surface area (Å²) >= 11 is 5.93. The van der Waals surface area contributed by atoms with Gasteiger partial charge < -0.3 is 0 Å². The van der Waals surface area contributed by atoms with Gasteiger partial charge in [0.25, 0.3) is 0 Å². The predicted molar refractivity (Wildman–Crippen MR) is 96.7 cm³/mol. The molecule has 0 spiro atoms. The second-order valence-electron chi connectivity index (χ2n) is 5.20. The smallest absolute Gasteiger partial charge is 0.185 e. The van der Waals surface area contributed by atoms with E-state index in [1.54, 1.807) is 12.2 Å². The Morgan fingerprint density at radius 1 is 0.783 bits per heavy atom. The van der Waals surface area contributed by atoms with Crippen molar-refractivity contribution in [2.24, 2.45) is 0 Å². The molecule has 3 aromatic rings. The number of ketones is 1. The first-order valence-corrected chi connectivity index (χ1v) is 7.74. The van der Waals surface area contributed by atoms with Gasteiger partial charge in [-0.2, -0.15) is 0 Å². The summed E-state index contributed by atoms with van der Waals surface area (Å²) in [5, 5.41) is 0.659. The second kappa shape index (κ2) is 7.08. The molecule has 3 rings (SSSR count). The van der Waals surface area contributed by atoms with Gasteiger partial charge >= 0.3 is 0 Å². The summed E-state index contributed by atoms with van der Waals surface area (Å²) in [4.78, 5) is 12.2. The topological polar surface area (TPSA) is 17.1 Å². The van der Waals surface area contributed by atoms with E-state index in [2.05, 4.69) is 12.1 Å². The molecule has 2 heteroatoms. The van der Waals surface area contributed by atoms with Crippen LogP contribution in [0.1, 0.15) is 15.9 Å². The maximum absolute atomic E-state index is 12.2. The van der Waals surface area contributed by atoms with Gasteiger partial charge in [0.2, 0.25) is 0 Å². The highest BCUT2D eigenvalue weighted by Crippen LogP contribution is 2.19. The van der Waals surface area contributed by atoms with Crippen molar-refractivity contribution in [2.75, 3.05) is 0 Å². The van der Waals surface area contributed by atoms with E-state index >= 15 is 0 Å². The molecule has 0 heterocycles. The minimum Gasteiger partial charge on any atom is -0.289 e.